The molecule has 1 N–H and O–H groups in total. The topological polar surface area (TPSA) is 21.3 Å². The SMILES string of the molecule is CCC(C)Oc1ccc(C(CC)NCc2ccccc2)cc1. The molecule has 0 aliphatic heterocycles. The van der Waals surface area contributed by atoms with Gasteiger partial charge in [-0.15, -0.1) is 0 Å². The van der Waals surface area contributed by atoms with Crippen molar-refractivity contribution in [2.45, 2.75) is 52.3 Å². The normalized spacial score (nSPS) is 13.6. The number of benzene rings is 2. The fraction of sp³-hybridized carbons (Fsp3) is 0.400. The molecule has 2 nitrogen and oxygen atoms in total. The summed E-state index contributed by atoms with van der Waals surface area (Å²) in [6, 6.07) is 19.4. The Labute approximate surface area is 134 Å². The molecule has 22 heavy (non-hydrogen) atoms. The monoisotopic (exact) mass is 297 g/mol. The van der Waals surface area contributed by atoms with Gasteiger partial charge >= 0.3 is 0 Å². The summed E-state index contributed by atoms with van der Waals surface area (Å²) in [4.78, 5) is 0. The molecule has 2 atom stereocenters. The lowest BCUT2D eigenvalue weighted by Crippen LogP contribution is -2.20. The highest BCUT2D eigenvalue weighted by atomic mass is 16.5. The van der Waals surface area contributed by atoms with Gasteiger partial charge in [0.2, 0.25) is 0 Å². The van der Waals surface area contributed by atoms with Crippen LogP contribution in [0.2, 0.25) is 0 Å². The van der Waals surface area contributed by atoms with E-state index in [1.807, 2.05) is 0 Å². The average molecular weight is 297 g/mol. The molecule has 2 aromatic rings. The van der Waals surface area contributed by atoms with Crippen molar-refractivity contribution >= 4 is 0 Å². The van der Waals surface area contributed by atoms with E-state index >= 15 is 0 Å². The van der Waals surface area contributed by atoms with Crippen LogP contribution in [0, 0.1) is 0 Å². The molecule has 0 aromatic heterocycles. The third-order valence-corrected chi connectivity index (χ3v) is 4.00. The molecule has 0 saturated heterocycles. The molecule has 118 valence electrons. The summed E-state index contributed by atoms with van der Waals surface area (Å²) in [5.41, 5.74) is 2.63. The molecule has 2 rings (SSSR count). The summed E-state index contributed by atoms with van der Waals surface area (Å²) < 4.78 is 5.84. The van der Waals surface area contributed by atoms with E-state index in [1.165, 1.54) is 11.1 Å². The maximum Gasteiger partial charge on any atom is 0.119 e. The number of hydrogen-bond acceptors (Lipinski definition) is 2. The van der Waals surface area contributed by atoms with Crippen LogP contribution in [-0.2, 0) is 6.54 Å². The summed E-state index contributed by atoms with van der Waals surface area (Å²) in [6.07, 6.45) is 2.36. The Morgan fingerprint density at radius 1 is 0.909 bits per heavy atom. The maximum atomic E-state index is 5.84. The van der Waals surface area contributed by atoms with E-state index in [9.17, 15) is 0 Å². The van der Waals surface area contributed by atoms with Crippen LogP contribution in [0.5, 0.6) is 5.75 Å². The third kappa shape index (κ3) is 4.88. The Kier molecular flexibility index (Phi) is 6.47. The van der Waals surface area contributed by atoms with E-state index in [4.69, 9.17) is 4.74 Å². The first-order valence-electron chi connectivity index (χ1n) is 8.26. The first kappa shape index (κ1) is 16.6. The van der Waals surface area contributed by atoms with Gasteiger partial charge in [0.05, 0.1) is 6.10 Å². The van der Waals surface area contributed by atoms with Crippen LogP contribution in [0.15, 0.2) is 54.6 Å². The fourth-order valence-electron chi connectivity index (χ4n) is 2.43. The Bertz CT molecular complexity index is 535. The van der Waals surface area contributed by atoms with E-state index in [0.717, 1.165) is 25.1 Å². The molecule has 0 saturated carbocycles. The fourth-order valence-corrected chi connectivity index (χ4v) is 2.43. The minimum absolute atomic E-state index is 0.268. The summed E-state index contributed by atoms with van der Waals surface area (Å²) >= 11 is 0. The van der Waals surface area contributed by atoms with Gasteiger partial charge < -0.3 is 10.1 Å². The molecule has 0 radical (unpaired) electrons. The molecule has 0 aliphatic rings. The predicted molar refractivity (Wildman–Crippen MR) is 93.1 cm³/mol. The molecule has 0 heterocycles. The van der Waals surface area contributed by atoms with Crippen LogP contribution in [-0.4, -0.2) is 6.10 Å². The second kappa shape index (κ2) is 8.60. The summed E-state index contributed by atoms with van der Waals surface area (Å²) in [5, 5.41) is 3.63. The van der Waals surface area contributed by atoms with Crippen molar-refractivity contribution < 1.29 is 4.74 Å². The largest absolute Gasteiger partial charge is 0.491 e. The van der Waals surface area contributed by atoms with E-state index in [0.29, 0.717) is 6.04 Å². The van der Waals surface area contributed by atoms with Gasteiger partial charge in [-0.25, -0.2) is 0 Å². The van der Waals surface area contributed by atoms with Crippen molar-refractivity contribution in [2.75, 3.05) is 0 Å². The number of nitrogens with one attached hydrogen (secondary N) is 1. The lowest BCUT2D eigenvalue weighted by Gasteiger charge is -2.19. The second-order valence-electron chi connectivity index (χ2n) is 5.73. The van der Waals surface area contributed by atoms with Gasteiger partial charge in [-0.2, -0.15) is 0 Å². The van der Waals surface area contributed by atoms with Crippen molar-refractivity contribution in [1.29, 1.82) is 0 Å². The van der Waals surface area contributed by atoms with E-state index in [1.54, 1.807) is 0 Å². The van der Waals surface area contributed by atoms with Crippen molar-refractivity contribution in [3.63, 3.8) is 0 Å². The Morgan fingerprint density at radius 3 is 2.18 bits per heavy atom. The summed E-state index contributed by atoms with van der Waals surface area (Å²) in [7, 11) is 0. The van der Waals surface area contributed by atoms with Gasteiger partial charge in [-0.05, 0) is 43.0 Å². The van der Waals surface area contributed by atoms with Crippen LogP contribution >= 0.6 is 0 Å². The Balaban J connectivity index is 1.95. The minimum Gasteiger partial charge on any atom is -0.491 e. The first-order chi connectivity index (χ1) is 10.7. The smallest absolute Gasteiger partial charge is 0.119 e. The molecular formula is C20H27NO. The van der Waals surface area contributed by atoms with Crippen LogP contribution < -0.4 is 10.1 Å². The highest BCUT2D eigenvalue weighted by Gasteiger charge is 2.09. The molecule has 0 fully saturated rings. The van der Waals surface area contributed by atoms with Crippen LogP contribution in [0.4, 0.5) is 0 Å². The molecule has 0 bridgehead atoms. The van der Waals surface area contributed by atoms with Gasteiger partial charge in [-0.1, -0.05) is 56.3 Å². The molecule has 0 aliphatic carbocycles. The van der Waals surface area contributed by atoms with Crippen molar-refractivity contribution in [2.24, 2.45) is 0 Å². The van der Waals surface area contributed by atoms with Crippen LogP contribution in [0.25, 0.3) is 0 Å². The predicted octanol–water partition coefficient (Wildman–Crippen LogP) is 5.10. The first-order valence-corrected chi connectivity index (χ1v) is 8.26. The maximum absolute atomic E-state index is 5.84. The van der Waals surface area contributed by atoms with Crippen molar-refractivity contribution in [3.8, 4) is 5.75 Å². The zero-order valence-corrected chi connectivity index (χ0v) is 13.9. The zero-order valence-electron chi connectivity index (χ0n) is 13.9. The van der Waals surface area contributed by atoms with Crippen LogP contribution in [0.3, 0.4) is 0 Å². The Morgan fingerprint density at radius 2 is 1.59 bits per heavy atom. The van der Waals surface area contributed by atoms with Gasteiger partial charge in [-0.3, -0.25) is 0 Å². The third-order valence-electron chi connectivity index (χ3n) is 4.00. The molecule has 2 unspecified atom stereocenters. The minimum atomic E-state index is 0.268. The number of ether oxygens (including phenoxy) is 1. The molecule has 2 aromatic carbocycles. The number of rotatable bonds is 8. The van der Waals surface area contributed by atoms with Gasteiger partial charge in [0.15, 0.2) is 0 Å². The quantitative estimate of drug-likeness (QED) is 0.731. The van der Waals surface area contributed by atoms with Gasteiger partial charge in [0.25, 0.3) is 0 Å². The summed E-state index contributed by atoms with van der Waals surface area (Å²) in [6.45, 7) is 7.35. The standard InChI is InChI=1S/C20H27NO/c1-4-16(3)22-19-13-11-18(12-14-19)20(5-2)21-15-17-9-7-6-8-10-17/h6-14,16,20-21H,4-5,15H2,1-3H3. The van der Waals surface area contributed by atoms with Gasteiger partial charge in [0.1, 0.15) is 5.75 Å². The highest BCUT2D eigenvalue weighted by Crippen LogP contribution is 2.21. The zero-order chi connectivity index (χ0) is 15.8. The number of hydrogen-bond donors (Lipinski definition) is 1. The molecule has 2 heteroatoms. The lowest BCUT2D eigenvalue weighted by atomic mass is 10.0. The van der Waals surface area contributed by atoms with Crippen molar-refractivity contribution in [3.05, 3.63) is 65.7 Å². The van der Waals surface area contributed by atoms with Crippen molar-refractivity contribution in [1.82, 2.24) is 5.32 Å². The average Bonchev–Trinajstić information content (AvgIpc) is 2.57. The van der Waals surface area contributed by atoms with E-state index in [2.05, 4.69) is 80.7 Å². The molecule has 0 amide bonds. The lowest BCUT2D eigenvalue weighted by molar-refractivity contribution is 0.217. The highest BCUT2D eigenvalue weighted by molar-refractivity contribution is 5.29. The Hall–Kier alpha value is -1.80. The van der Waals surface area contributed by atoms with Crippen LogP contribution in [0.1, 0.15) is 50.8 Å². The second-order valence-corrected chi connectivity index (χ2v) is 5.73. The summed E-state index contributed by atoms with van der Waals surface area (Å²) in [5.74, 6) is 0.955. The van der Waals surface area contributed by atoms with Gasteiger partial charge in [0, 0.05) is 12.6 Å². The van der Waals surface area contributed by atoms with E-state index < -0.39 is 0 Å². The van der Waals surface area contributed by atoms with E-state index in [-0.39, 0.29) is 6.10 Å². The molecular weight excluding hydrogens is 270 g/mol. The molecule has 0 spiro atoms.